The second-order valence-electron chi connectivity index (χ2n) is 8.45. The second kappa shape index (κ2) is 11.8. The van der Waals surface area contributed by atoms with E-state index in [9.17, 15) is 9.59 Å². The number of aromatic nitrogens is 2. The highest BCUT2D eigenvalue weighted by Crippen LogP contribution is 2.17. The Kier molecular flexibility index (Phi) is 8.13. The van der Waals surface area contributed by atoms with Gasteiger partial charge in [-0.3, -0.25) is 9.48 Å². The number of esters is 1. The molecule has 0 aliphatic rings. The molecule has 0 radical (unpaired) electrons. The minimum atomic E-state index is -0.585. The predicted octanol–water partition coefficient (Wildman–Crippen LogP) is 4.60. The number of aryl methyl sites for hydroxylation is 1. The largest absolute Gasteiger partial charge is 0.489 e. The molecule has 1 amide bonds. The molecule has 0 atom stereocenters. The van der Waals surface area contributed by atoms with Gasteiger partial charge in [-0.15, -0.1) is 0 Å². The average molecular weight is 484 g/mol. The van der Waals surface area contributed by atoms with Crippen LogP contribution in [0.1, 0.15) is 38.4 Å². The quantitative estimate of drug-likeness (QED) is 0.334. The lowest BCUT2D eigenvalue weighted by Crippen LogP contribution is -2.28. The minimum absolute atomic E-state index is 0.311. The van der Waals surface area contributed by atoms with E-state index in [0.29, 0.717) is 31.0 Å². The Balaban J connectivity index is 1.26. The van der Waals surface area contributed by atoms with Gasteiger partial charge < -0.3 is 14.8 Å². The number of benzene rings is 3. The van der Waals surface area contributed by atoms with Gasteiger partial charge in [-0.25, -0.2) is 4.79 Å². The summed E-state index contributed by atoms with van der Waals surface area (Å²) in [5.41, 5.74) is 5.29. The van der Waals surface area contributed by atoms with Crippen LogP contribution in [0.4, 0.5) is 0 Å². The lowest BCUT2D eigenvalue weighted by Gasteiger charge is -2.09. The van der Waals surface area contributed by atoms with Crippen LogP contribution in [-0.4, -0.2) is 28.3 Å². The summed E-state index contributed by atoms with van der Waals surface area (Å²) >= 11 is 0. The Labute approximate surface area is 210 Å². The molecule has 0 saturated carbocycles. The van der Waals surface area contributed by atoms with Crippen LogP contribution < -0.4 is 10.1 Å². The molecule has 0 fully saturated rings. The second-order valence-corrected chi connectivity index (χ2v) is 8.45. The Bertz CT molecular complexity index is 1320. The van der Waals surface area contributed by atoms with Crippen LogP contribution in [0.2, 0.25) is 0 Å². The van der Waals surface area contributed by atoms with Crippen LogP contribution in [0.5, 0.6) is 5.75 Å². The van der Waals surface area contributed by atoms with E-state index in [0.717, 1.165) is 28.1 Å². The summed E-state index contributed by atoms with van der Waals surface area (Å²) < 4.78 is 12.9. The van der Waals surface area contributed by atoms with Gasteiger partial charge in [0, 0.05) is 17.8 Å². The summed E-state index contributed by atoms with van der Waals surface area (Å²) in [5.74, 6) is -0.413. The summed E-state index contributed by atoms with van der Waals surface area (Å²) in [4.78, 5) is 24.8. The zero-order chi connectivity index (χ0) is 25.3. The van der Waals surface area contributed by atoms with Crippen LogP contribution in [0.25, 0.3) is 0 Å². The molecule has 36 heavy (non-hydrogen) atoms. The van der Waals surface area contributed by atoms with Gasteiger partial charge in [0.1, 0.15) is 12.4 Å². The SMILES string of the molecule is Cc1nn(Cc2ccccc2)c(C)c1CNC(=O)COC(=O)c1cccc(OCc2ccccc2)c1. The zero-order valence-electron chi connectivity index (χ0n) is 20.4. The molecule has 0 aliphatic heterocycles. The van der Waals surface area contributed by atoms with Crippen molar-refractivity contribution in [2.75, 3.05) is 6.61 Å². The smallest absolute Gasteiger partial charge is 0.338 e. The Morgan fingerprint density at radius 3 is 2.31 bits per heavy atom. The van der Waals surface area contributed by atoms with Crippen LogP contribution in [0.15, 0.2) is 84.9 Å². The van der Waals surface area contributed by atoms with E-state index in [1.165, 1.54) is 0 Å². The zero-order valence-corrected chi connectivity index (χ0v) is 20.4. The fourth-order valence-corrected chi connectivity index (χ4v) is 3.81. The molecule has 0 unspecified atom stereocenters. The first-order chi connectivity index (χ1) is 17.5. The van der Waals surface area contributed by atoms with Gasteiger partial charge in [0.2, 0.25) is 0 Å². The third-order valence-corrected chi connectivity index (χ3v) is 5.82. The van der Waals surface area contributed by atoms with Gasteiger partial charge in [0.25, 0.3) is 5.91 Å². The number of hydrogen-bond donors (Lipinski definition) is 1. The molecule has 0 bridgehead atoms. The maximum atomic E-state index is 12.5. The van der Waals surface area contributed by atoms with E-state index in [1.807, 2.05) is 67.1 Å². The van der Waals surface area contributed by atoms with E-state index < -0.39 is 5.97 Å². The maximum Gasteiger partial charge on any atom is 0.338 e. The van der Waals surface area contributed by atoms with Crippen molar-refractivity contribution in [2.24, 2.45) is 0 Å². The Hall–Kier alpha value is -4.39. The maximum absolute atomic E-state index is 12.5. The third kappa shape index (κ3) is 6.60. The summed E-state index contributed by atoms with van der Waals surface area (Å²) in [6.45, 7) is 4.89. The van der Waals surface area contributed by atoms with Gasteiger partial charge in [-0.1, -0.05) is 66.7 Å². The number of amides is 1. The Morgan fingerprint density at radius 2 is 1.58 bits per heavy atom. The fourth-order valence-electron chi connectivity index (χ4n) is 3.81. The number of carbonyl (C=O) groups excluding carboxylic acids is 2. The number of rotatable bonds is 10. The third-order valence-electron chi connectivity index (χ3n) is 5.82. The molecule has 3 aromatic carbocycles. The number of ether oxygens (including phenoxy) is 2. The van der Waals surface area contributed by atoms with Crippen molar-refractivity contribution in [3.63, 3.8) is 0 Å². The van der Waals surface area contributed by atoms with Crippen molar-refractivity contribution in [1.29, 1.82) is 0 Å². The summed E-state index contributed by atoms with van der Waals surface area (Å²) in [6, 6.07) is 26.6. The van der Waals surface area contributed by atoms with Gasteiger partial charge >= 0.3 is 5.97 Å². The number of hydrogen-bond acceptors (Lipinski definition) is 5. The molecule has 1 heterocycles. The van der Waals surface area contributed by atoms with Crippen LogP contribution in [-0.2, 0) is 29.2 Å². The fraction of sp³-hybridized carbons (Fsp3) is 0.207. The number of nitrogens with one attached hydrogen (secondary N) is 1. The minimum Gasteiger partial charge on any atom is -0.489 e. The topological polar surface area (TPSA) is 82.5 Å². The molecule has 1 aromatic heterocycles. The molecule has 184 valence electrons. The van der Waals surface area contributed by atoms with E-state index in [4.69, 9.17) is 9.47 Å². The Morgan fingerprint density at radius 1 is 0.889 bits per heavy atom. The van der Waals surface area contributed by atoms with E-state index in [-0.39, 0.29) is 12.5 Å². The predicted molar refractivity (Wildman–Crippen MR) is 137 cm³/mol. The molecule has 4 aromatic rings. The highest BCUT2D eigenvalue weighted by atomic mass is 16.5. The molecule has 0 saturated heterocycles. The van der Waals surface area contributed by atoms with E-state index in [1.54, 1.807) is 24.3 Å². The van der Waals surface area contributed by atoms with E-state index in [2.05, 4.69) is 22.5 Å². The van der Waals surface area contributed by atoms with Gasteiger partial charge in [-0.2, -0.15) is 5.10 Å². The van der Waals surface area contributed by atoms with E-state index >= 15 is 0 Å². The summed E-state index contributed by atoms with van der Waals surface area (Å²) in [7, 11) is 0. The van der Waals surface area contributed by atoms with Crippen LogP contribution >= 0.6 is 0 Å². The molecule has 0 spiro atoms. The standard InChI is InChI=1S/C29H29N3O4/c1-21-27(22(2)32(31-21)18-23-10-5-3-6-11-23)17-30-28(33)20-36-29(34)25-14-9-15-26(16-25)35-19-24-12-7-4-8-13-24/h3-16H,17-20H2,1-2H3,(H,30,33). The lowest BCUT2D eigenvalue weighted by molar-refractivity contribution is -0.124. The number of carbonyl (C=O) groups is 2. The van der Waals surface area contributed by atoms with Crippen LogP contribution in [0, 0.1) is 13.8 Å². The van der Waals surface area contributed by atoms with Gasteiger partial charge in [0.05, 0.1) is 17.8 Å². The molecule has 7 heteroatoms. The van der Waals surface area contributed by atoms with Crippen molar-refractivity contribution in [3.8, 4) is 5.75 Å². The van der Waals surface area contributed by atoms with Crippen molar-refractivity contribution < 1.29 is 19.1 Å². The lowest BCUT2D eigenvalue weighted by atomic mass is 10.2. The molecule has 7 nitrogen and oxygen atoms in total. The summed E-state index contributed by atoms with van der Waals surface area (Å²) in [5, 5.41) is 7.43. The van der Waals surface area contributed by atoms with Crippen molar-refractivity contribution in [3.05, 3.63) is 119 Å². The van der Waals surface area contributed by atoms with Crippen molar-refractivity contribution in [1.82, 2.24) is 15.1 Å². The molecule has 0 aliphatic carbocycles. The molecule has 1 N–H and O–H groups in total. The normalized spacial score (nSPS) is 10.6. The van der Waals surface area contributed by atoms with Crippen molar-refractivity contribution in [2.45, 2.75) is 33.5 Å². The first kappa shape index (κ1) is 24.7. The summed E-state index contributed by atoms with van der Waals surface area (Å²) in [6.07, 6.45) is 0. The first-order valence-electron chi connectivity index (χ1n) is 11.8. The molecular weight excluding hydrogens is 454 g/mol. The average Bonchev–Trinajstić information content (AvgIpc) is 3.17. The van der Waals surface area contributed by atoms with Crippen molar-refractivity contribution >= 4 is 11.9 Å². The number of nitrogens with zero attached hydrogens (tertiary/aromatic N) is 2. The molecule has 4 rings (SSSR count). The van der Waals surface area contributed by atoms with Gasteiger partial charge in [-0.05, 0) is 43.2 Å². The van der Waals surface area contributed by atoms with Gasteiger partial charge in [0.15, 0.2) is 6.61 Å². The molecular formula is C29H29N3O4. The van der Waals surface area contributed by atoms with Crippen LogP contribution in [0.3, 0.4) is 0 Å². The monoisotopic (exact) mass is 483 g/mol. The highest BCUT2D eigenvalue weighted by molar-refractivity contribution is 5.91. The first-order valence-corrected chi connectivity index (χ1v) is 11.8. The highest BCUT2D eigenvalue weighted by Gasteiger charge is 2.15.